The van der Waals surface area contributed by atoms with Crippen molar-refractivity contribution in [3.05, 3.63) is 41.4 Å². The van der Waals surface area contributed by atoms with Crippen molar-refractivity contribution in [2.24, 2.45) is 5.41 Å². The molecular weight excluding hydrogens is 466 g/mol. The molecule has 3 heterocycles. The fourth-order valence-electron chi connectivity index (χ4n) is 4.13. The molecule has 0 amide bonds. The number of hydrogen-bond donors (Lipinski definition) is 1. The number of aromatic nitrogens is 6. The van der Waals surface area contributed by atoms with E-state index >= 15 is 0 Å². The molecule has 2 aliphatic carbocycles. The standard InChI is InChI=1S/C21H24ClN7O3S/c1-12(18-23-10-14(22)11-24-18)13(2)33(30,31)28-20-27-26-19(15-5-4-6-17(25-15)32-3)29(20)16-9-21(16)7-8-21/h4-6,10-13,16H,7-9H2,1-3H3,(H,27,28)/t12-,13-,16?/m0/s1. The van der Waals surface area contributed by atoms with Crippen LogP contribution in [0.1, 0.15) is 50.9 Å². The van der Waals surface area contributed by atoms with Crippen molar-refractivity contribution in [2.75, 3.05) is 11.8 Å². The largest absolute Gasteiger partial charge is 0.481 e. The Hall–Kier alpha value is -2.79. The Morgan fingerprint density at radius 3 is 2.58 bits per heavy atom. The van der Waals surface area contributed by atoms with Crippen molar-refractivity contribution < 1.29 is 13.2 Å². The summed E-state index contributed by atoms with van der Waals surface area (Å²) in [5.74, 6) is 1.10. The zero-order valence-electron chi connectivity index (χ0n) is 18.4. The lowest BCUT2D eigenvalue weighted by molar-refractivity contribution is 0.398. The first kappa shape index (κ1) is 22.0. The van der Waals surface area contributed by atoms with Gasteiger partial charge in [0.15, 0.2) is 5.82 Å². The van der Waals surface area contributed by atoms with Gasteiger partial charge in [-0.15, -0.1) is 10.2 Å². The van der Waals surface area contributed by atoms with E-state index in [2.05, 4.69) is 29.9 Å². The molecule has 0 bridgehead atoms. The molecule has 0 aliphatic heterocycles. The molecule has 3 aromatic rings. The van der Waals surface area contributed by atoms with Gasteiger partial charge in [-0.2, -0.15) is 0 Å². The topological polar surface area (TPSA) is 125 Å². The summed E-state index contributed by atoms with van der Waals surface area (Å²) in [4.78, 5) is 12.8. The van der Waals surface area contributed by atoms with E-state index in [1.54, 1.807) is 27.0 Å². The maximum Gasteiger partial charge on any atom is 0.238 e. The van der Waals surface area contributed by atoms with Crippen LogP contribution in [0, 0.1) is 5.41 Å². The molecule has 1 N–H and O–H groups in total. The van der Waals surface area contributed by atoms with Crippen molar-refractivity contribution in [1.82, 2.24) is 29.7 Å². The molecule has 1 unspecified atom stereocenters. The molecule has 2 aliphatic rings. The molecule has 33 heavy (non-hydrogen) atoms. The Morgan fingerprint density at radius 2 is 1.94 bits per heavy atom. The Morgan fingerprint density at radius 1 is 1.21 bits per heavy atom. The van der Waals surface area contributed by atoms with Crippen LogP contribution in [0.15, 0.2) is 30.6 Å². The number of pyridine rings is 1. The van der Waals surface area contributed by atoms with Crippen LogP contribution in [0.5, 0.6) is 5.88 Å². The molecule has 174 valence electrons. The summed E-state index contributed by atoms with van der Waals surface area (Å²) in [7, 11) is -2.28. The van der Waals surface area contributed by atoms with Gasteiger partial charge in [-0.3, -0.25) is 9.29 Å². The first-order chi connectivity index (χ1) is 15.7. The predicted molar refractivity (Wildman–Crippen MR) is 123 cm³/mol. The van der Waals surface area contributed by atoms with Gasteiger partial charge in [0.25, 0.3) is 0 Å². The third-order valence-corrected chi connectivity index (χ3v) is 8.73. The van der Waals surface area contributed by atoms with E-state index in [0.29, 0.717) is 28.2 Å². The molecule has 2 fully saturated rings. The Bertz CT molecular complexity index is 1290. The molecule has 0 aromatic carbocycles. The van der Waals surface area contributed by atoms with Crippen LogP contribution >= 0.6 is 11.6 Å². The van der Waals surface area contributed by atoms with Crippen LogP contribution in [0.25, 0.3) is 11.5 Å². The number of nitrogens with one attached hydrogen (secondary N) is 1. The predicted octanol–water partition coefficient (Wildman–Crippen LogP) is 3.45. The number of methoxy groups -OCH3 is 1. The second kappa shape index (κ2) is 7.91. The fourth-order valence-corrected chi connectivity index (χ4v) is 5.47. The highest BCUT2D eigenvalue weighted by Gasteiger charge is 2.65. The van der Waals surface area contributed by atoms with Crippen molar-refractivity contribution in [2.45, 2.75) is 50.3 Å². The first-order valence-electron chi connectivity index (χ1n) is 10.7. The highest BCUT2D eigenvalue weighted by Crippen LogP contribution is 2.73. The summed E-state index contributed by atoms with van der Waals surface area (Å²) in [5, 5.41) is 8.08. The van der Waals surface area contributed by atoms with Crippen LogP contribution in [0.4, 0.5) is 5.95 Å². The summed E-state index contributed by atoms with van der Waals surface area (Å²) in [5.41, 5.74) is 0.803. The molecule has 10 nitrogen and oxygen atoms in total. The molecule has 5 rings (SSSR count). The van der Waals surface area contributed by atoms with Gasteiger partial charge < -0.3 is 4.74 Å². The van der Waals surface area contributed by atoms with Gasteiger partial charge in [-0.05, 0) is 37.7 Å². The van der Waals surface area contributed by atoms with Gasteiger partial charge in [0.05, 0.1) is 17.4 Å². The van der Waals surface area contributed by atoms with E-state index in [1.807, 2.05) is 16.7 Å². The number of hydrogen-bond acceptors (Lipinski definition) is 8. The van der Waals surface area contributed by atoms with E-state index in [0.717, 1.165) is 19.3 Å². The molecular formula is C21H24ClN7O3S. The second-order valence-corrected chi connectivity index (χ2v) is 11.2. The number of sulfonamides is 1. The third kappa shape index (κ3) is 4.04. The van der Waals surface area contributed by atoms with Crippen molar-refractivity contribution >= 4 is 27.6 Å². The van der Waals surface area contributed by atoms with Crippen LogP contribution < -0.4 is 9.46 Å². The number of halogens is 1. The maximum absolute atomic E-state index is 13.3. The zero-order valence-corrected chi connectivity index (χ0v) is 20.0. The third-order valence-electron chi connectivity index (χ3n) is 6.68. The molecule has 3 atom stereocenters. The van der Waals surface area contributed by atoms with Crippen LogP contribution in [-0.2, 0) is 10.0 Å². The lowest BCUT2D eigenvalue weighted by Crippen LogP contribution is -2.31. The molecule has 0 radical (unpaired) electrons. The molecule has 2 saturated carbocycles. The van der Waals surface area contributed by atoms with Gasteiger partial charge in [0, 0.05) is 30.4 Å². The normalized spacial score (nSPS) is 20.3. The summed E-state index contributed by atoms with van der Waals surface area (Å²) in [6, 6.07) is 5.52. The zero-order chi connectivity index (χ0) is 23.4. The van der Waals surface area contributed by atoms with E-state index in [-0.39, 0.29) is 17.4 Å². The number of ether oxygens (including phenoxy) is 1. The lowest BCUT2D eigenvalue weighted by atomic mass is 10.1. The summed E-state index contributed by atoms with van der Waals surface area (Å²) in [6.07, 6.45) is 6.13. The summed E-state index contributed by atoms with van der Waals surface area (Å²) in [6.45, 7) is 3.39. The molecule has 12 heteroatoms. The number of nitrogens with zero attached hydrogens (tertiary/aromatic N) is 6. The second-order valence-electron chi connectivity index (χ2n) is 8.77. The van der Waals surface area contributed by atoms with E-state index in [9.17, 15) is 8.42 Å². The molecule has 1 spiro atoms. The smallest absolute Gasteiger partial charge is 0.238 e. The Labute approximate surface area is 196 Å². The SMILES string of the molecule is COc1cccc(-c2nnc(NS(=O)(=O)[C@@H](C)[C@H](C)c3ncc(Cl)cn3)n2C2CC23CC3)n1. The minimum Gasteiger partial charge on any atom is -0.481 e. The molecule has 0 saturated heterocycles. The van der Waals surface area contributed by atoms with Gasteiger partial charge in [-0.1, -0.05) is 24.6 Å². The van der Waals surface area contributed by atoms with Gasteiger partial charge >= 0.3 is 0 Å². The minimum absolute atomic E-state index is 0.139. The maximum atomic E-state index is 13.3. The highest BCUT2D eigenvalue weighted by molar-refractivity contribution is 7.93. The van der Waals surface area contributed by atoms with Crippen LogP contribution in [0.3, 0.4) is 0 Å². The number of rotatable bonds is 8. The fraction of sp³-hybridized carbons (Fsp3) is 0.476. The van der Waals surface area contributed by atoms with Crippen LogP contribution in [0.2, 0.25) is 5.02 Å². The number of anilines is 1. The first-order valence-corrected chi connectivity index (χ1v) is 12.6. The Balaban J connectivity index is 1.46. The summed E-state index contributed by atoms with van der Waals surface area (Å²) >= 11 is 5.86. The Kier molecular flexibility index (Phi) is 5.28. The van der Waals surface area contributed by atoms with Gasteiger partial charge in [0.1, 0.15) is 11.5 Å². The molecule has 3 aromatic heterocycles. The lowest BCUT2D eigenvalue weighted by Gasteiger charge is -2.20. The summed E-state index contributed by atoms with van der Waals surface area (Å²) < 4.78 is 36.4. The van der Waals surface area contributed by atoms with E-state index in [1.165, 1.54) is 12.4 Å². The average Bonchev–Trinajstić information content (AvgIpc) is 3.71. The minimum atomic E-state index is -3.83. The average molecular weight is 490 g/mol. The van der Waals surface area contributed by atoms with Crippen molar-refractivity contribution in [1.29, 1.82) is 0 Å². The van der Waals surface area contributed by atoms with Crippen molar-refractivity contribution in [3.63, 3.8) is 0 Å². The highest BCUT2D eigenvalue weighted by atomic mass is 35.5. The van der Waals surface area contributed by atoms with E-state index < -0.39 is 21.2 Å². The quantitative estimate of drug-likeness (QED) is 0.510. The van der Waals surface area contributed by atoms with Gasteiger partial charge in [-0.25, -0.2) is 23.4 Å². The van der Waals surface area contributed by atoms with Gasteiger partial charge in [0.2, 0.25) is 21.9 Å². The monoisotopic (exact) mass is 489 g/mol. The van der Waals surface area contributed by atoms with Crippen molar-refractivity contribution in [3.8, 4) is 17.4 Å². The van der Waals surface area contributed by atoms with E-state index in [4.69, 9.17) is 16.3 Å². The van der Waals surface area contributed by atoms with Crippen LogP contribution in [-0.4, -0.2) is 50.5 Å².